The molecule has 1 amide bonds. The third-order valence-corrected chi connectivity index (χ3v) is 5.68. The van der Waals surface area contributed by atoms with Gasteiger partial charge in [0.2, 0.25) is 15.9 Å². The largest absolute Gasteiger partial charge is 0.342 e. The lowest BCUT2D eigenvalue weighted by molar-refractivity contribution is -0.139. The second-order valence-electron chi connectivity index (χ2n) is 6.99. The van der Waals surface area contributed by atoms with Crippen molar-refractivity contribution in [3.8, 4) is 0 Å². The molecule has 0 aromatic rings. The van der Waals surface area contributed by atoms with Gasteiger partial charge in [0, 0.05) is 26.2 Å². The average molecular weight is 302 g/mol. The summed E-state index contributed by atoms with van der Waals surface area (Å²) in [5.41, 5.74) is 0.180. The molecule has 0 unspecified atom stereocenters. The minimum absolute atomic E-state index is 0.145. The van der Waals surface area contributed by atoms with Gasteiger partial charge >= 0.3 is 0 Å². The molecule has 0 aromatic heterocycles. The summed E-state index contributed by atoms with van der Waals surface area (Å²) >= 11 is 0. The first kappa shape index (κ1) is 15.8. The van der Waals surface area contributed by atoms with Crippen LogP contribution in [0.15, 0.2) is 0 Å². The van der Waals surface area contributed by atoms with Crippen molar-refractivity contribution in [3.63, 3.8) is 0 Å². The number of likely N-dealkylation sites (tertiary alicyclic amines) is 1. The summed E-state index contributed by atoms with van der Waals surface area (Å²) in [4.78, 5) is 14.6. The van der Waals surface area contributed by atoms with E-state index in [1.807, 2.05) is 4.90 Å². The average Bonchev–Trinajstić information content (AvgIpc) is 2.36. The minimum Gasteiger partial charge on any atom is -0.342 e. The molecule has 0 radical (unpaired) electrons. The van der Waals surface area contributed by atoms with Crippen molar-refractivity contribution < 1.29 is 13.2 Å². The van der Waals surface area contributed by atoms with Crippen molar-refractivity contribution in [2.75, 3.05) is 32.4 Å². The molecule has 2 fully saturated rings. The lowest BCUT2D eigenvalue weighted by Gasteiger charge is -2.41. The predicted molar refractivity (Wildman–Crippen MR) is 78.7 cm³/mol. The van der Waals surface area contributed by atoms with Crippen LogP contribution in [0.3, 0.4) is 0 Å². The standard InChI is InChI=1S/C14H26N2O3S/c1-14(2)7-5-8-15(11-14)13(17)12-6-4-9-16(10-12)20(3,18)19/h12H,4-11H2,1-3H3/t12-/m0/s1. The molecule has 20 heavy (non-hydrogen) atoms. The number of carbonyl (C=O) groups excluding carboxylic acids is 1. The van der Waals surface area contributed by atoms with Crippen LogP contribution in [0.25, 0.3) is 0 Å². The van der Waals surface area contributed by atoms with Crippen molar-refractivity contribution >= 4 is 15.9 Å². The molecule has 1 atom stereocenters. The van der Waals surface area contributed by atoms with Crippen molar-refractivity contribution in [1.82, 2.24) is 9.21 Å². The van der Waals surface area contributed by atoms with E-state index in [9.17, 15) is 13.2 Å². The maximum Gasteiger partial charge on any atom is 0.227 e. The normalized spacial score (nSPS) is 28.4. The maximum atomic E-state index is 12.6. The highest BCUT2D eigenvalue weighted by Gasteiger charge is 2.35. The smallest absolute Gasteiger partial charge is 0.227 e. The summed E-state index contributed by atoms with van der Waals surface area (Å²) < 4.78 is 24.7. The summed E-state index contributed by atoms with van der Waals surface area (Å²) in [6.07, 6.45) is 5.00. The second kappa shape index (κ2) is 5.64. The van der Waals surface area contributed by atoms with Gasteiger partial charge in [-0.1, -0.05) is 13.8 Å². The van der Waals surface area contributed by atoms with Gasteiger partial charge in [-0.3, -0.25) is 4.79 Å². The van der Waals surface area contributed by atoms with Gasteiger partial charge in [-0.2, -0.15) is 0 Å². The summed E-state index contributed by atoms with van der Waals surface area (Å²) in [6.45, 7) is 6.90. The fourth-order valence-electron chi connectivity index (χ4n) is 3.31. The topological polar surface area (TPSA) is 57.7 Å². The van der Waals surface area contributed by atoms with Crippen LogP contribution in [0, 0.1) is 11.3 Å². The van der Waals surface area contributed by atoms with Gasteiger partial charge in [0.1, 0.15) is 0 Å². The Bertz CT molecular complexity index is 473. The zero-order chi connectivity index (χ0) is 15.0. The number of rotatable bonds is 2. The van der Waals surface area contributed by atoms with E-state index in [4.69, 9.17) is 0 Å². The number of nitrogens with zero attached hydrogens (tertiary/aromatic N) is 2. The molecule has 2 rings (SSSR count). The van der Waals surface area contributed by atoms with E-state index in [0.717, 1.165) is 38.8 Å². The third kappa shape index (κ3) is 3.73. The van der Waals surface area contributed by atoms with Crippen LogP contribution in [0.1, 0.15) is 39.5 Å². The highest BCUT2D eigenvalue weighted by Crippen LogP contribution is 2.30. The Balaban J connectivity index is 2.02. The van der Waals surface area contributed by atoms with Gasteiger partial charge in [0.25, 0.3) is 0 Å². The van der Waals surface area contributed by atoms with Crippen LogP contribution in [-0.2, 0) is 14.8 Å². The van der Waals surface area contributed by atoms with Gasteiger partial charge in [-0.25, -0.2) is 12.7 Å². The lowest BCUT2D eigenvalue weighted by Crippen LogP contribution is -2.50. The number of carbonyl (C=O) groups is 1. The quantitative estimate of drug-likeness (QED) is 0.773. The van der Waals surface area contributed by atoms with E-state index < -0.39 is 10.0 Å². The Morgan fingerprint density at radius 2 is 1.90 bits per heavy atom. The van der Waals surface area contributed by atoms with Crippen molar-refractivity contribution in [2.45, 2.75) is 39.5 Å². The molecule has 0 N–H and O–H groups in total. The molecule has 0 bridgehead atoms. The van der Waals surface area contributed by atoms with Gasteiger partial charge in [-0.15, -0.1) is 0 Å². The summed E-state index contributed by atoms with van der Waals surface area (Å²) in [5, 5.41) is 0. The summed E-state index contributed by atoms with van der Waals surface area (Å²) in [6, 6.07) is 0. The minimum atomic E-state index is -3.18. The summed E-state index contributed by atoms with van der Waals surface area (Å²) in [5.74, 6) is -0.0153. The first-order valence-corrected chi connectivity index (χ1v) is 9.28. The van der Waals surface area contributed by atoms with E-state index in [1.54, 1.807) is 0 Å². The fraction of sp³-hybridized carbons (Fsp3) is 0.929. The molecule has 0 aliphatic carbocycles. The fourth-order valence-corrected chi connectivity index (χ4v) is 4.23. The number of piperidine rings is 2. The van der Waals surface area contributed by atoms with Crippen LogP contribution in [0.2, 0.25) is 0 Å². The van der Waals surface area contributed by atoms with Crippen molar-refractivity contribution in [2.24, 2.45) is 11.3 Å². The molecule has 0 saturated carbocycles. The molecular formula is C14H26N2O3S. The van der Waals surface area contributed by atoms with Crippen molar-refractivity contribution in [3.05, 3.63) is 0 Å². The van der Waals surface area contributed by atoms with E-state index in [2.05, 4.69) is 13.8 Å². The molecule has 2 aliphatic rings. The van der Waals surface area contributed by atoms with Gasteiger partial charge < -0.3 is 4.90 Å². The predicted octanol–water partition coefficient (Wildman–Crippen LogP) is 1.31. The first-order valence-electron chi connectivity index (χ1n) is 7.43. The van der Waals surface area contributed by atoms with Crippen LogP contribution in [-0.4, -0.2) is 56.0 Å². The Labute approximate surface area is 122 Å². The zero-order valence-electron chi connectivity index (χ0n) is 12.8. The maximum absolute atomic E-state index is 12.6. The molecule has 6 heteroatoms. The summed E-state index contributed by atoms with van der Waals surface area (Å²) in [7, 11) is -3.18. The highest BCUT2D eigenvalue weighted by molar-refractivity contribution is 7.88. The molecular weight excluding hydrogens is 276 g/mol. The van der Waals surface area contributed by atoms with Crippen molar-refractivity contribution in [1.29, 1.82) is 0 Å². The molecule has 5 nitrogen and oxygen atoms in total. The van der Waals surface area contributed by atoms with Crippen LogP contribution < -0.4 is 0 Å². The number of hydrogen-bond acceptors (Lipinski definition) is 3. The SMILES string of the molecule is CC1(C)CCCN(C(=O)[C@H]2CCCN(S(C)(=O)=O)C2)C1. The molecule has 0 aromatic carbocycles. The Morgan fingerprint density at radius 1 is 1.20 bits per heavy atom. The highest BCUT2D eigenvalue weighted by atomic mass is 32.2. The molecule has 116 valence electrons. The van der Waals surface area contributed by atoms with E-state index in [1.165, 1.54) is 10.6 Å². The molecule has 2 heterocycles. The molecule has 2 aliphatic heterocycles. The number of hydrogen-bond donors (Lipinski definition) is 0. The molecule has 0 spiro atoms. The van der Waals surface area contributed by atoms with E-state index in [0.29, 0.717) is 13.1 Å². The van der Waals surface area contributed by atoms with Gasteiger partial charge in [0.05, 0.1) is 12.2 Å². The van der Waals surface area contributed by atoms with E-state index >= 15 is 0 Å². The zero-order valence-corrected chi connectivity index (χ0v) is 13.6. The molecule has 2 saturated heterocycles. The monoisotopic (exact) mass is 302 g/mol. The first-order chi connectivity index (χ1) is 9.19. The van der Waals surface area contributed by atoms with Gasteiger partial charge in [0.15, 0.2) is 0 Å². The third-order valence-electron chi connectivity index (χ3n) is 4.41. The number of sulfonamides is 1. The van der Waals surface area contributed by atoms with Crippen LogP contribution in [0.5, 0.6) is 0 Å². The van der Waals surface area contributed by atoms with Gasteiger partial charge in [-0.05, 0) is 31.1 Å². The Hall–Kier alpha value is -0.620. The number of amides is 1. The Kier molecular flexibility index (Phi) is 4.44. The van der Waals surface area contributed by atoms with Crippen LogP contribution in [0.4, 0.5) is 0 Å². The Morgan fingerprint density at radius 3 is 2.50 bits per heavy atom. The lowest BCUT2D eigenvalue weighted by atomic mass is 9.83. The van der Waals surface area contributed by atoms with Crippen LogP contribution >= 0.6 is 0 Å². The van der Waals surface area contributed by atoms with E-state index in [-0.39, 0.29) is 17.2 Å². The second-order valence-corrected chi connectivity index (χ2v) is 8.97.